The molecule has 2 rings (SSSR count). The van der Waals surface area contributed by atoms with Crippen molar-refractivity contribution in [2.45, 2.75) is 51.4 Å². The van der Waals surface area contributed by atoms with Gasteiger partial charge in [0.2, 0.25) is 0 Å². The minimum atomic E-state index is -0.219. The second-order valence-electron chi connectivity index (χ2n) is 4.57. The molecule has 2 aliphatic rings. The SMILES string of the molecule is CCC12OCCC1CC(C)(C)O2. The highest BCUT2D eigenvalue weighted by Crippen LogP contribution is 2.49. The number of fused-ring (bicyclic) bond motifs is 1. The minimum Gasteiger partial charge on any atom is -0.350 e. The fourth-order valence-electron chi connectivity index (χ4n) is 2.65. The van der Waals surface area contributed by atoms with Crippen molar-refractivity contribution in [1.29, 1.82) is 0 Å². The summed E-state index contributed by atoms with van der Waals surface area (Å²) in [5, 5.41) is 0. The van der Waals surface area contributed by atoms with Crippen molar-refractivity contribution < 1.29 is 9.47 Å². The van der Waals surface area contributed by atoms with Gasteiger partial charge in [-0.2, -0.15) is 0 Å². The fraction of sp³-hybridized carbons (Fsp3) is 1.00. The quantitative estimate of drug-likeness (QED) is 0.601. The average molecular weight is 170 g/mol. The Hall–Kier alpha value is -0.0800. The Kier molecular flexibility index (Phi) is 1.74. The van der Waals surface area contributed by atoms with Crippen LogP contribution in [0.1, 0.15) is 40.0 Å². The summed E-state index contributed by atoms with van der Waals surface area (Å²) in [6, 6.07) is 0. The molecular formula is C10H18O2. The van der Waals surface area contributed by atoms with E-state index in [1.54, 1.807) is 0 Å². The molecule has 2 heterocycles. The van der Waals surface area contributed by atoms with Crippen LogP contribution in [0.4, 0.5) is 0 Å². The lowest BCUT2D eigenvalue weighted by Gasteiger charge is -2.29. The summed E-state index contributed by atoms with van der Waals surface area (Å²) in [5.41, 5.74) is 0.0289. The molecule has 2 unspecified atom stereocenters. The van der Waals surface area contributed by atoms with Crippen LogP contribution in [0.2, 0.25) is 0 Å². The molecule has 0 aromatic rings. The lowest BCUT2D eigenvalue weighted by molar-refractivity contribution is -0.234. The summed E-state index contributed by atoms with van der Waals surface area (Å²) >= 11 is 0. The first-order valence-electron chi connectivity index (χ1n) is 4.92. The molecule has 0 bridgehead atoms. The second kappa shape index (κ2) is 2.46. The molecule has 2 nitrogen and oxygen atoms in total. The van der Waals surface area contributed by atoms with Gasteiger partial charge in [-0.3, -0.25) is 0 Å². The molecule has 0 radical (unpaired) electrons. The van der Waals surface area contributed by atoms with Gasteiger partial charge < -0.3 is 9.47 Å². The first-order chi connectivity index (χ1) is 5.58. The van der Waals surface area contributed by atoms with Crippen LogP contribution in [0, 0.1) is 5.92 Å². The van der Waals surface area contributed by atoms with Gasteiger partial charge in [0.25, 0.3) is 0 Å². The number of hydrogen-bond acceptors (Lipinski definition) is 2. The number of hydrogen-bond donors (Lipinski definition) is 0. The number of ether oxygens (including phenoxy) is 2. The van der Waals surface area contributed by atoms with Crippen LogP contribution in [0.15, 0.2) is 0 Å². The summed E-state index contributed by atoms with van der Waals surface area (Å²) in [4.78, 5) is 0. The predicted molar refractivity (Wildman–Crippen MR) is 46.9 cm³/mol. The third kappa shape index (κ3) is 1.09. The highest BCUT2D eigenvalue weighted by molar-refractivity contribution is 4.96. The fourth-order valence-corrected chi connectivity index (χ4v) is 2.65. The third-order valence-electron chi connectivity index (χ3n) is 3.11. The second-order valence-corrected chi connectivity index (χ2v) is 4.57. The van der Waals surface area contributed by atoms with Gasteiger partial charge in [-0.15, -0.1) is 0 Å². The van der Waals surface area contributed by atoms with Gasteiger partial charge in [-0.25, -0.2) is 0 Å². The molecule has 0 spiro atoms. The maximum absolute atomic E-state index is 5.99. The van der Waals surface area contributed by atoms with Gasteiger partial charge in [0.1, 0.15) is 0 Å². The zero-order valence-corrected chi connectivity index (χ0v) is 8.22. The molecule has 0 aliphatic carbocycles. The molecule has 2 saturated heterocycles. The van der Waals surface area contributed by atoms with E-state index >= 15 is 0 Å². The standard InChI is InChI=1S/C10H18O2/c1-4-10-8(5-6-11-10)7-9(2,3)12-10/h8H,4-7H2,1-3H3. The maximum atomic E-state index is 5.99. The van der Waals surface area contributed by atoms with Crippen molar-refractivity contribution in [3.63, 3.8) is 0 Å². The number of rotatable bonds is 1. The van der Waals surface area contributed by atoms with E-state index in [1.807, 2.05) is 0 Å². The molecule has 0 saturated carbocycles. The highest BCUT2D eigenvalue weighted by Gasteiger charge is 2.54. The topological polar surface area (TPSA) is 18.5 Å². The summed E-state index contributed by atoms with van der Waals surface area (Å²) < 4.78 is 11.7. The molecule has 0 aromatic heterocycles. The smallest absolute Gasteiger partial charge is 0.171 e. The van der Waals surface area contributed by atoms with E-state index in [1.165, 1.54) is 6.42 Å². The van der Waals surface area contributed by atoms with E-state index in [2.05, 4.69) is 20.8 Å². The first kappa shape index (κ1) is 8.52. The molecule has 2 atom stereocenters. The largest absolute Gasteiger partial charge is 0.350 e. The van der Waals surface area contributed by atoms with Crippen molar-refractivity contribution in [2.24, 2.45) is 5.92 Å². The average Bonchev–Trinajstić information content (AvgIpc) is 2.40. The van der Waals surface area contributed by atoms with Gasteiger partial charge in [-0.1, -0.05) is 6.92 Å². The Balaban J connectivity index is 2.20. The molecule has 0 amide bonds. The zero-order valence-electron chi connectivity index (χ0n) is 8.22. The van der Waals surface area contributed by atoms with E-state index in [0.29, 0.717) is 5.92 Å². The molecular weight excluding hydrogens is 152 g/mol. The van der Waals surface area contributed by atoms with Gasteiger partial charge in [0.05, 0.1) is 12.2 Å². The molecule has 2 fully saturated rings. The summed E-state index contributed by atoms with van der Waals surface area (Å²) in [5.74, 6) is 0.418. The van der Waals surface area contributed by atoms with Crippen molar-refractivity contribution in [2.75, 3.05) is 6.61 Å². The van der Waals surface area contributed by atoms with Crippen LogP contribution >= 0.6 is 0 Å². The predicted octanol–water partition coefficient (Wildman–Crippen LogP) is 2.33. The van der Waals surface area contributed by atoms with Crippen molar-refractivity contribution in [3.8, 4) is 0 Å². The minimum absolute atomic E-state index is 0.0289. The molecule has 70 valence electrons. The summed E-state index contributed by atoms with van der Waals surface area (Å²) in [6.07, 6.45) is 3.32. The summed E-state index contributed by atoms with van der Waals surface area (Å²) in [6.45, 7) is 7.35. The van der Waals surface area contributed by atoms with Crippen LogP contribution in [-0.4, -0.2) is 18.0 Å². The Morgan fingerprint density at radius 3 is 2.75 bits per heavy atom. The van der Waals surface area contributed by atoms with Crippen LogP contribution in [-0.2, 0) is 9.47 Å². The lowest BCUT2D eigenvalue weighted by atomic mass is 9.90. The molecule has 0 aromatic carbocycles. The van der Waals surface area contributed by atoms with E-state index in [0.717, 1.165) is 19.4 Å². The van der Waals surface area contributed by atoms with Gasteiger partial charge in [-0.05, 0) is 33.1 Å². The molecule has 12 heavy (non-hydrogen) atoms. The van der Waals surface area contributed by atoms with Crippen molar-refractivity contribution >= 4 is 0 Å². The van der Waals surface area contributed by atoms with E-state index in [9.17, 15) is 0 Å². The van der Waals surface area contributed by atoms with Crippen LogP contribution in [0.25, 0.3) is 0 Å². The van der Waals surface area contributed by atoms with E-state index < -0.39 is 0 Å². The van der Waals surface area contributed by atoms with Crippen molar-refractivity contribution in [3.05, 3.63) is 0 Å². The summed E-state index contributed by atoms with van der Waals surface area (Å²) in [7, 11) is 0. The molecule has 0 N–H and O–H groups in total. The normalized spacial score (nSPS) is 44.8. The Morgan fingerprint density at radius 1 is 1.42 bits per heavy atom. The van der Waals surface area contributed by atoms with Crippen molar-refractivity contribution in [1.82, 2.24) is 0 Å². The van der Waals surface area contributed by atoms with Crippen LogP contribution < -0.4 is 0 Å². The van der Waals surface area contributed by atoms with E-state index in [4.69, 9.17) is 9.47 Å². The van der Waals surface area contributed by atoms with Gasteiger partial charge >= 0.3 is 0 Å². The van der Waals surface area contributed by atoms with Gasteiger partial charge in [0, 0.05) is 5.92 Å². The van der Waals surface area contributed by atoms with E-state index in [-0.39, 0.29) is 11.4 Å². The Labute approximate surface area is 74.2 Å². The maximum Gasteiger partial charge on any atom is 0.171 e. The Bertz CT molecular complexity index is 188. The Morgan fingerprint density at radius 2 is 2.17 bits per heavy atom. The monoisotopic (exact) mass is 170 g/mol. The van der Waals surface area contributed by atoms with Crippen LogP contribution in [0.3, 0.4) is 0 Å². The lowest BCUT2D eigenvalue weighted by Crippen LogP contribution is -2.34. The van der Waals surface area contributed by atoms with Crippen LogP contribution in [0.5, 0.6) is 0 Å². The van der Waals surface area contributed by atoms with Gasteiger partial charge in [0.15, 0.2) is 5.79 Å². The molecule has 2 heteroatoms. The first-order valence-corrected chi connectivity index (χ1v) is 4.92. The molecule has 2 aliphatic heterocycles. The third-order valence-corrected chi connectivity index (χ3v) is 3.11. The zero-order chi connectivity index (χ0) is 8.82. The highest BCUT2D eigenvalue weighted by atomic mass is 16.7.